The van der Waals surface area contributed by atoms with Gasteiger partial charge in [-0.25, -0.2) is 0 Å². The van der Waals surface area contributed by atoms with Gasteiger partial charge in [0.2, 0.25) is 0 Å². The van der Waals surface area contributed by atoms with Gasteiger partial charge in [0.1, 0.15) is 5.75 Å². The van der Waals surface area contributed by atoms with Crippen LogP contribution in [0.5, 0.6) is 5.75 Å². The molecule has 0 aromatic heterocycles. The summed E-state index contributed by atoms with van der Waals surface area (Å²) in [4.78, 5) is 11.7. The second-order valence-electron chi connectivity index (χ2n) is 4.13. The Morgan fingerprint density at radius 2 is 1.95 bits per heavy atom. The molecule has 0 radical (unpaired) electrons. The molecule has 2 unspecified atom stereocenters. The van der Waals surface area contributed by atoms with Crippen molar-refractivity contribution in [3.8, 4) is 5.75 Å². The first kappa shape index (κ1) is 16.3. The lowest BCUT2D eigenvalue weighted by Crippen LogP contribution is -2.45. The lowest BCUT2D eigenvalue weighted by atomic mass is 10.2. The first-order valence-corrected chi connectivity index (χ1v) is 6.08. The number of aliphatic hydroxyl groups is 1. The van der Waals surface area contributed by atoms with E-state index in [0.29, 0.717) is 12.2 Å². The molecule has 1 aromatic rings. The topological polar surface area (TPSA) is 58.6 Å². The van der Waals surface area contributed by atoms with Crippen LogP contribution < -0.4 is 10.1 Å². The molecule has 1 rings (SSSR count). The minimum absolute atomic E-state index is 0.294. The summed E-state index contributed by atoms with van der Waals surface area (Å²) in [5.74, 6) is -0.245. The van der Waals surface area contributed by atoms with Crippen LogP contribution in [0, 0.1) is 0 Å². The molecule has 0 aliphatic carbocycles. The van der Waals surface area contributed by atoms with E-state index in [4.69, 9.17) is 9.84 Å². The number of carbonyl (C=O) groups excluding carboxylic acids is 1. The number of benzene rings is 1. The molecule has 0 fully saturated rings. The largest absolute Gasteiger partial charge is 0.481 e. The molecule has 20 heavy (non-hydrogen) atoms. The van der Waals surface area contributed by atoms with Crippen LogP contribution in [-0.2, 0) is 4.79 Å². The number of rotatable bonds is 6. The van der Waals surface area contributed by atoms with E-state index in [2.05, 4.69) is 0 Å². The highest BCUT2D eigenvalue weighted by Crippen LogP contribution is 2.19. The Morgan fingerprint density at radius 3 is 2.45 bits per heavy atom. The third-order valence-electron chi connectivity index (χ3n) is 2.53. The molecular formula is C13H16F3NO3. The van der Waals surface area contributed by atoms with Crippen LogP contribution in [0.1, 0.15) is 13.3 Å². The Balaban J connectivity index is 2.51. The van der Waals surface area contributed by atoms with E-state index < -0.39 is 30.8 Å². The fourth-order valence-corrected chi connectivity index (χ4v) is 1.41. The molecule has 1 amide bonds. The molecule has 0 saturated heterocycles. The van der Waals surface area contributed by atoms with Crippen molar-refractivity contribution >= 4 is 5.91 Å². The molecule has 0 saturated carbocycles. The monoisotopic (exact) mass is 291 g/mol. The van der Waals surface area contributed by atoms with Gasteiger partial charge >= 0.3 is 6.18 Å². The highest BCUT2D eigenvalue weighted by molar-refractivity contribution is 5.81. The van der Waals surface area contributed by atoms with Crippen molar-refractivity contribution in [1.29, 1.82) is 0 Å². The average molecular weight is 291 g/mol. The number of hydrogen-bond donors (Lipinski definition) is 2. The Kier molecular flexibility index (Phi) is 5.82. The Hall–Kier alpha value is -1.76. The number of nitrogens with one attached hydrogen (secondary N) is 1. The number of alkyl halides is 3. The molecule has 2 atom stereocenters. The summed E-state index contributed by atoms with van der Waals surface area (Å²) in [6.45, 7) is 0.782. The van der Waals surface area contributed by atoms with Crippen LogP contribution in [0.2, 0.25) is 0 Å². The van der Waals surface area contributed by atoms with Gasteiger partial charge in [-0.15, -0.1) is 0 Å². The second kappa shape index (κ2) is 7.14. The lowest BCUT2D eigenvalue weighted by molar-refractivity contribution is -0.202. The molecule has 112 valence electrons. The minimum Gasteiger partial charge on any atom is -0.481 e. The lowest BCUT2D eigenvalue weighted by Gasteiger charge is -2.19. The SMILES string of the molecule is CCC(Oc1ccccc1)C(=O)NCC(O)C(F)(F)F. The summed E-state index contributed by atoms with van der Waals surface area (Å²) >= 11 is 0. The summed E-state index contributed by atoms with van der Waals surface area (Å²) in [5, 5.41) is 10.8. The van der Waals surface area contributed by atoms with Gasteiger partial charge in [-0.3, -0.25) is 4.79 Å². The molecule has 2 N–H and O–H groups in total. The van der Waals surface area contributed by atoms with Gasteiger partial charge in [0.15, 0.2) is 12.2 Å². The first-order chi connectivity index (χ1) is 9.34. The van der Waals surface area contributed by atoms with Crippen LogP contribution in [0.15, 0.2) is 30.3 Å². The predicted octanol–water partition coefficient (Wildman–Crippen LogP) is 1.88. The molecule has 7 heteroatoms. The first-order valence-electron chi connectivity index (χ1n) is 6.08. The molecule has 1 aromatic carbocycles. The van der Waals surface area contributed by atoms with Crippen LogP contribution in [0.3, 0.4) is 0 Å². The zero-order valence-electron chi connectivity index (χ0n) is 10.9. The van der Waals surface area contributed by atoms with Gasteiger partial charge in [0.05, 0.1) is 6.54 Å². The van der Waals surface area contributed by atoms with Gasteiger partial charge in [-0.05, 0) is 18.6 Å². The van der Waals surface area contributed by atoms with Crippen molar-refractivity contribution in [2.75, 3.05) is 6.54 Å². The molecular weight excluding hydrogens is 275 g/mol. The van der Waals surface area contributed by atoms with Gasteiger partial charge in [-0.2, -0.15) is 13.2 Å². The normalized spacial score (nSPS) is 14.4. The number of hydrogen-bond acceptors (Lipinski definition) is 3. The average Bonchev–Trinajstić information content (AvgIpc) is 2.41. The van der Waals surface area contributed by atoms with Gasteiger partial charge < -0.3 is 15.2 Å². The van der Waals surface area contributed by atoms with E-state index in [0.717, 1.165) is 0 Å². The number of para-hydroxylation sites is 1. The summed E-state index contributed by atoms with van der Waals surface area (Å²) in [7, 11) is 0. The van der Waals surface area contributed by atoms with Crippen molar-refractivity contribution in [1.82, 2.24) is 5.32 Å². The van der Waals surface area contributed by atoms with E-state index in [9.17, 15) is 18.0 Å². The highest BCUT2D eigenvalue weighted by atomic mass is 19.4. The maximum atomic E-state index is 12.1. The Labute approximate surface area is 114 Å². The highest BCUT2D eigenvalue weighted by Gasteiger charge is 2.38. The van der Waals surface area contributed by atoms with E-state index in [1.165, 1.54) is 0 Å². The van der Waals surface area contributed by atoms with Crippen molar-refractivity contribution < 1.29 is 27.8 Å². The number of aliphatic hydroxyl groups excluding tert-OH is 1. The van der Waals surface area contributed by atoms with Gasteiger partial charge in [0, 0.05) is 0 Å². The van der Waals surface area contributed by atoms with E-state index in [1.807, 2.05) is 5.32 Å². The van der Waals surface area contributed by atoms with Crippen LogP contribution in [0.25, 0.3) is 0 Å². The van der Waals surface area contributed by atoms with E-state index in [1.54, 1.807) is 37.3 Å². The Morgan fingerprint density at radius 1 is 1.35 bits per heavy atom. The third-order valence-corrected chi connectivity index (χ3v) is 2.53. The number of amides is 1. The van der Waals surface area contributed by atoms with Crippen molar-refractivity contribution in [2.45, 2.75) is 31.7 Å². The predicted molar refractivity (Wildman–Crippen MR) is 66.2 cm³/mol. The summed E-state index contributed by atoms with van der Waals surface area (Å²) in [6, 6.07) is 8.48. The van der Waals surface area contributed by atoms with Crippen LogP contribution in [0.4, 0.5) is 13.2 Å². The molecule has 0 bridgehead atoms. The maximum absolute atomic E-state index is 12.1. The smallest absolute Gasteiger partial charge is 0.416 e. The number of ether oxygens (including phenoxy) is 1. The van der Waals surface area contributed by atoms with Gasteiger partial charge in [-0.1, -0.05) is 25.1 Å². The number of halogens is 3. The summed E-state index contributed by atoms with van der Waals surface area (Å²) in [5.41, 5.74) is 0. The van der Waals surface area contributed by atoms with E-state index >= 15 is 0 Å². The standard InChI is InChI=1S/C13H16F3NO3/c1-2-10(20-9-6-4-3-5-7-9)12(19)17-8-11(18)13(14,15)16/h3-7,10-11,18H,2,8H2,1H3,(H,17,19). The zero-order chi connectivity index (χ0) is 15.2. The molecule has 0 spiro atoms. The quantitative estimate of drug-likeness (QED) is 0.841. The van der Waals surface area contributed by atoms with Crippen LogP contribution in [-0.4, -0.2) is 35.9 Å². The fourth-order valence-electron chi connectivity index (χ4n) is 1.41. The molecule has 4 nitrogen and oxygen atoms in total. The van der Waals surface area contributed by atoms with Crippen molar-refractivity contribution in [3.63, 3.8) is 0 Å². The fraction of sp³-hybridized carbons (Fsp3) is 0.462. The Bertz CT molecular complexity index is 423. The maximum Gasteiger partial charge on any atom is 0.416 e. The van der Waals surface area contributed by atoms with E-state index in [-0.39, 0.29) is 0 Å². The zero-order valence-corrected chi connectivity index (χ0v) is 10.9. The molecule has 0 heterocycles. The van der Waals surface area contributed by atoms with Crippen molar-refractivity contribution in [2.24, 2.45) is 0 Å². The molecule has 0 aliphatic rings. The summed E-state index contributed by atoms with van der Waals surface area (Å²) < 4.78 is 41.7. The third kappa shape index (κ3) is 5.08. The summed E-state index contributed by atoms with van der Waals surface area (Å²) in [6.07, 6.45) is -7.95. The molecule has 0 aliphatic heterocycles. The minimum atomic E-state index is -4.75. The van der Waals surface area contributed by atoms with Crippen LogP contribution >= 0.6 is 0 Å². The second-order valence-corrected chi connectivity index (χ2v) is 4.13. The van der Waals surface area contributed by atoms with Gasteiger partial charge in [0.25, 0.3) is 5.91 Å². The van der Waals surface area contributed by atoms with Crippen molar-refractivity contribution in [3.05, 3.63) is 30.3 Å². The number of carbonyl (C=O) groups is 1.